The largest absolute Gasteiger partial charge is 0.489 e. The molecule has 34 heavy (non-hydrogen) atoms. The van der Waals surface area contributed by atoms with Crippen molar-refractivity contribution in [3.63, 3.8) is 0 Å². The maximum Gasteiger partial charge on any atom is 0.416 e. The molecule has 1 aliphatic rings. The molecule has 0 saturated carbocycles. The molecule has 1 amide bonds. The Labute approximate surface area is 194 Å². The van der Waals surface area contributed by atoms with Crippen LogP contribution in [0.15, 0.2) is 66.7 Å². The summed E-state index contributed by atoms with van der Waals surface area (Å²) in [4.78, 5) is 25.9. The van der Waals surface area contributed by atoms with Crippen molar-refractivity contribution in [2.75, 3.05) is 14.2 Å². The van der Waals surface area contributed by atoms with E-state index < -0.39 is 17.7 Å². The number of hydrogen-bond donors (Lipinski definition) is 0. The number of benzene rings is 3. The molecule has 176 valence electrons. The minimum absolute atomic E-state index is 0.0721. The first-order valence-electron chi connectivity index (χ1n) is 10.5. The van der Waals surface area contributed by atoms with Crippen molar-refractivity contribution in [3.8, 4) is 16.9 Å². The molecular formula is C26H22F3NO4. The quantitative estimate of drug-likeness (QED) is 0.439. The van der Waals surface area contributed by atoms with Gasteiger partial charge in [0.15, 0.2) is 0 Å². The highest BCUT2D eigenvalue weighted by Gasteiger charge is 2.36. The molecule has 1 atom stereocenters. The second kappa shape index (κ2) is 9.21. The van der Waals surface area contributed by atoms with Gasteiger partial charge >= 0.3 is 12.1 Å². The lowest BCUT2D eigenvalue weighted by atomic mass is 10.0. The summed E-state index contributed by atoms with van der Waals surface area (Å²) in [6.07, 6.45) is -4.30. The smallest absolute Gasteiger partial charge is 0.416 e. The number of alkyl halides is 3. The Kier molecular flexibility index (Phi) is 6.32. The fourth-order valence-electron chi connectivity index (χ4n) is 3.99. The van der Waals surface area contributed by atoms with Gasteiger partial charge in [0.05, 0.1) is 25.1 Å². The average molecular weight is 469 g/mol. The Bertz CT molecular complexity index is 1220. The third kappa shape index (κ3) is 4.76. The maximum absolute atomic E-state index is 12.8. The van der Waals surface area contributed by atoms with Crippen molar-refractivity contribution >= 4 is 11.9 Å². The number of esters is 1. The van der Waals surface area contributed by atoms with Gasteiger partial charge in [0, 0.05) is 12.6 Å². The van der Waals surface area contributed by atoms with E-state index in [4.69, 9.17) is 9.47 Å². The second-order valence-corrected chi connectivity index (χ2v) is 8.03. The summed E-state index contributed by atoms with van der Waals surface area (Å²) < 4.78 is 49.0. The minimum atomic E-state index is -4.38. The van der Waals surface area contributed by atoms with Crippen molar-refractivity contribution in [1.29, 1.82) is 0 Å². The molecular weight excluding hydrogens is 447 g/mol. The molecule has 1 aliphatic heterocycles. The van der Waals surface area contributed by atoms with Crippen molar-refractivity contribution in [2.24, 2.45) is 0 Å². The lowest BCUT2D eigenvalue weighted by Crippen LogP contribution is -2.25. The average Bonchev–Trinajstić information content (AvgIpc) is 3.06. The summed E-state index contributed by atoms with van der Waals surface area (Å²) in [6.45, 7) is 0.211. The molecule has 0 spiro atoms. The standard InChI is InChI=1S/C26H22F3NO4/c1-30-23(14-24(31)33-2)21-11-10-20(13-22(21)25(30)32)34-15-16-4-3-5-18(12-16)17-6-8-19(9-7-17)26(27,28)29/h3-13,23H,14-15H2,1-2H3/t23-/m1/s1. The molecule has 5 nitrogen and oxygen atoms in total. The van der Waals surface area contributed by atoms with Gasteiger partial charge in [-0.2, -0.15) is 13.2 Å². The van der Waals surface area contributed by atoms with Crippen LogP contribution in [0.25, 0.3) is 11.1 Å². The normalized spacial score (nSPS) is 15.3. The van der Waals surface area contributed by atoms with Gasteiger partial charge in [-0.15, -0.1) is 0 Å². The van der Waals surface area contributed by atoms with Gasteiger partial charge in [0.2, 0.25) is 0 Å². The first kappa shape index (κ1) is 23.4. The van der Waals surface area contributed by atoms with Crippen molar-refractivity contribution in [2.45, 2.75) is 25.2 Å². The molecule has 3 aromatic carbocycles. The highest BCUT2D eigenvalue weighted by Crippen LogP contribution is 2.37. The molecule has 0 N–H and O–H groups in total. The lowest BCUT2D eigenvalue weighted by molar-refractivity contribution is -0.141. The third-order valence-electron chi connectivity index (χ3n) is 5.87. The van der Waals surface area contributed by atoms with Crippen LogP contribution in [0.1, 0.15) is 39.5 Å². The number of fused-ring (bicyclic) bond motifs is 1. The Hall–Kier alpha value is -3.81. The van der Waals surface area contributed by atoms with Gasteiger partial charge in [0.1, 0.15) is 12.4 Å². The van der Waals surface area contributed by atoms with E-state index in [1.165, 1.54) is 24.1 Å². The Morgan fingerprint density at radius 1 is 1.00 bits per heavy atom. The van der Waals surface area contributed by atoms with E-state index in [-0.39, 0.29) is 25.0 Å². The minimum Gasteiger partial charge on any atom is -0.489 e. The zero-order valence-corrected chi connectivity index (χ0v) is 18.6. The van der Waals surface area contributed by atoms with Crippen LogP contribution < -0.4 is 4.74 Å². The second-order valence-electron chi connectivity index (χ2n) is 8.03. The lowest BCUT2D eigenvalue weighted by Gasteiger charge is -2.19. The number of methoxy groups -OCH3 is 1. The van der Waals surface area contributed by atoms with Crippen LogP contribution in [0.2, 0.25) is 0 Å². The van der Waals surface area contributed by atoms with Crippen LogP contribution in [-0.2, 0) is 22.3 Å². The maximum atomic E-state index is 12.8. The molecule has 3 aromatic rings. The van der Waals surface area contributed by atoms with Gasteiger partial charge in [0.25, 0.3) is 5.91 Å². The number of nitrogens with zero attached hydrogens (tertiary/aromatic N) is 1. The number of rotatable bonds is 6. The summed E-state index contributed by atoms with van der Waals surface area (Å²) in [5.41, 5.74) is 2.79. The van der Waals surface area contributed by atoms with Crippen LogP contribution in [0.3, 0.4) is 0 Å². The van der Waals surface area contributed by atoms with Crippen LogP contribution in [0, 0.1) is 0 Å². The van der Waals surface area contributed by atoms with Crippen LogP contribution >= 0.6 is 0 Å². The Morgan fingerprint density at radius 3 is 2.41 bits per heavy atom. The molecule has 0 aromatic heterocycles. The predicted molar refractivity (Wildman–Crippen MR) is 119 cm³/mol. The van der Waals surface area contributed by atoms with E-state index in [0.29, 0.717) is 16.9 Å². The van der Waals surface area contributed by atoms with E-state index >= 15 is 0 Å². The van der Waals surface area contributed by atoms with E-state index in [2.05, 4.69) is 0 Å². The third-order valence-corrected chi connectivity index (χ3v) is 5.87. The highest BCUT2D eigenvalue weighted by molar-refractivity contribution is 6.00. The predicted octanol–water partition coefficient (Wildman–Crippen LogP) is 5.64. The number of hydrogen-bond acceptors (Lipinski definition) is 4. The van der Waals surface area contributed by atoms with Gasteiger partial charge in [-0.3, -0.25) is 9.59 Å². The number of amides is 1. The van der Waals surface area contributed by atoms with Crippen molar-refractivity contribution in [3.05, 3.63) is 89.0 Å². The van der Waals surface area contributed by atoms with Crippen molar-refractivity contribution in [1.82, 2.24) is 4.90 Å². The Morgan fingerprint density at radius 2 is 1.74 bits per heavy atom. The topological polar surface area (TPSA) is 55.8 Å². The monoisotopic (exact) mass is 469 g/mol. The number of carbonyl (C=O) groups is 2. The zero-order valence-electron chi connectivity index (χ0n) is 18.6. The van der Waals surface area contributed by atoms with Crippen LogP contribution in [0.5, 0.6) is 5.75 Å². The summed E-state index contributed by atoms with van der Waals surface area (Å²) in [5, 5.41) is 0. The number of halogens is 3. The molecule has 0 radical (unpaired) electrons. The van der Waals surface area contributed by atoms with Gasteiger partial charge in [-0.05, 0) is 52.6 Å². The van der Waals surface area contributed by atoms with E-state index in [9.17, 15) is 22.8 Å². The molecule has 0 aliphatic carbocycles. The summed E-state index contributed by atoms with van der Waals surface area (Å²) in [6, 6.07) is 17.1. The molecule has 0 unspecified atom stereocenters. The van der Waals surface area contributed by atoms with Gasteiger partial charge in [-0.25, -0.2) is 0 Å². The van der Waals surface area contributed by atoms with E-state index in [1.807, 2.05) is 24.3 Å². The SMILES string of the molecule is COC(=O)C[C@@H]1c2ccc(OCc3cccc(-c4ccc(C(F)(F)F)cc4)c3)cc2C(=O)N1C. The summed E-state index contributed by atoms with van der Waals surface area (Å²) >= 11 is 0. The molecule has 0 fully saturated rings. The van der Waals surface area contributed by atoms with Crippen LogP contribution in [0.4, 0.5) is 13.2 Å². The van der Waals surface area contributed by atoms with E-state index in [1.54, 1.807) is 25.2 Å². The number of carbonyl (C=O) groups excluding carboxylic acids is 2. The summed E-state index contributed by atoms with van der Waals surface area (Å²) in [5.74, 6) is -0.0939. The molecule has 0 bridgehead atoms. The molecule has 1 heterocycles. The highest BCUT2D eigenvalue weighted by atomic mass is 19.4. The van der Waals surface area contributed by atoms with Crippen molar-refractivity contribution < 1.29 is 32.2 Å². The zero-order chi connectivity index (χ0) is 24.5. The van der Waals surface area contributed by atoms with E-state index in [0.717, 1.165) is 28.8 Å². The Balaban J connectivity index is 1.48. The molecule has 0 saturated heterocycles. The molecule has 8 heteroatoms. The first-order chi connectivity index (χ1) is 16.2. The fraction of sp³-hybridized carbons (Fsp3) is 0.231. The van der Waals surface area contributed by atoms with Gasteiger partial charge < -0.3 is 14.4 Å². The fourth-order valence-corrected chi connectivity index (χ4v) is 3.99. The summed E-state index contributed by atoms with van der Waals surface area (Å²) in [7, 11) is 2.95. The van der Waals surface area contributed by atoms with Crippen LogP contribution in [-0.4, -0.2) is 30.9 Å². The van der Waals surface area contributed by atoms with Gasteiger partial charge in [-0.1, -0.05) is 36.4 Å². The molecule has 4 rings (SSSR count). The first-order valence-corrected chi connectivity index (χ1v) is 10.5. The number of ether oxygens (including phenoxy) is 2.